The van der Waals surface area contributed by atoms with Gasteiger partial charge in [0.15, 0.2) is 0 Å². The van der Waals surface area contributed by atoms with Gasteiger partial charge >= 0.3 is 0 Å². The summed E-state index contributed by atoms with van der Waals surface area (Å²) < 4.78 is 0.997. The third kappa shape index (κ3) is 2.58. The molecule has 1 atom stereocenters. The molecule has 0 saturated heterocycles. The van der Waals surface area contributed by atoms with Crippen molar-refractivity contribution in [2.24, 2.45) is 0 Å². The summed E-state index contributed by atoms with van der Waals surface area (Å²) in [6.07, 6.45) is 0. The maximum atomic E-state index is 9.89. The smallest absolute Gasteiger partial charge is 0.148 e. The predicted octanol–water partition coefficient (Wildman–Crippen LogP) is 2.68. The average molecular weight is 239 g/mol. The maximum Gasteiger partial charge on any atom is 0.148 e. The van der Waals surface area contributed by atoms with Crippen LogP contribution in [-0.2, 0) is 5.60 Å². The van der Waals surface area contributed by atoms with Gasteiger partial charge in [0.1, 0.15) is 5.60 Å². The fraction of sp³-hybridized carbons (Fsp3) is 0.273. The molecular formula is C11H11BrO. The summed E-state index contributed by atoms with van der Waals surface area (Å²) in [5.41, 5.74) is -0.236. The van der Waals surface area contributed by atoms with E-state index in [9.17, 15) is 5.11 Å². The Hall–Kier alpha value is -0.780. The lowest BCUT2D eigenvalue weighted by molar-refractivity contribution is 0.122. The van der Waals surface area contributed by atoms with Crippen molar-refractivity contribution < 1.29 is 5.11 Å². The molecule has 1 N–H and O–H groups in total. The van der Waals surface area contributed by atoms with E-state index in [2.05, 4.69) is 27.8 Å². The normalized spacial score (nSPS) is 14.2. The molecule has 0 aromatic heterocycles. The molecule has 0 spiro atoms. The zero-order valence-electron chi connectivity index (χ0n) is 7.63. The molecule has 13 heavy (non-hydrogen) atoms. The third-order valence-corrected chi connectivity index (χ3v) is 2.30. The van der Waals surface area contributed by atoms with Crippen LogP contribution in [0, 0.1) is 11.8 Å². The van der Waals surface area contributed by atoms with Crippen molar-refractivity contribution in [2.45, 2.75) is 19.4 Å². The fourth-order valence-corrected chi connectivity index (χ4v) is 1.35. The monoisotopic (exact) mass is 238 g/mol. The second-order valence-corrected chi connectivity index (χ2v) is 3.87. The summed E-state index contributed by atoms with van der Waals surface area (Å²) in [4.78, 5) is 0. The Kier molecular flexibility index (Phi) is 3.13. The van der Waals surface area contributed by atoms with Crippen LogP contribution in [0.3, 0.4) is 0 Å². The molecule has 0 saturated carbocycles. The molecule has 1 nitrogen and oxygen atoms in total. The molecule has 68 valence electrons. The lowest BCUT2D eigenvalue weighted by Gasteiger charge is -2.16. The lowest BCUT2D eigenvalue weighted by atomic mass is 9.97. The van der Waals surface area contributed by atoms with Gasteiger partial charge in [-0.25, -0.2) is 0 Å². The minimum absolute atomic E-state index is 0.810. The quantitative estimate of drug-likeness (QED) is 0.747. The number of hydrogen-bond acceptors (Lipinski definition) is 1. The van der Waals surface area contributed by atoms with E-state index in [0.717, 1.165) is 10.0 Å². The van der Waals surface area contributed by atoms with Crippen LogP contribution in [0.15, 0.2) is 28.7 Å². The molecule has 0 aliphatic heterocycles. The number of benzene rings is 1. The largest absolute Gasteiger partial charge is 0.374 e. The van der Waals surface area contributed by atoms with Gasteiger partial charge in [-0.3, -0.25) is 0 Å². The summed E-state index contributed by atoms with van der Waals surface area (Å²) in [5, 5.41) is 9.89. The van der Waals surface area contributed by atoms with E-state index in [0.29, 0.717) is 0 Å². The van der Waals surface area contributed by atoms with E-state index in [1.54, 1.807) is 13.8 Å². The molecule has 0 aliphatic rings. The first-order valence-electron chi connectivity index (χ1n) is 3.98. The first kappa shape index (κ1) is 10.3. The Morgan fingerprint density at radius 2 is 1.85 bits per heavy atom. The molecule has 0 heterocycles. The highest BCUT2D eigenvalue weighted by molar-refractivity contribution is 9.10. The van der Waals surface area contributed by atoms with E-state index < -0.39 is 5.60 Å². The first-order valence-corrected chi connectivity index (χ1v) is 4.78. The molecular weight excluding hydrogens is 228 g/mol. The standard InChI is InChI=1S/C11H11BrO/c1-3-8-11(2,13)9-4-6-10(12)7-5-9/h4-7,13H,1-2H3. The van der Waals surface area contributed by atoms with Gasteiger partial charge in [0.05, 0.1) is 0 Å². The van der Waals surface area contributed by atoms with Crippen LogP contribution in [0.5, 0.6) is 0 Å². The lowest BCUT2D eigenvalue weighted by Crippen LogP contribution is -2.17. The average Bonchev–Trinajstić information content (AvgIpc) is 2.05. The number of halogens is 1. The molecule has 0 amide bonds. The predicted molar refractivity (Wildman–Crippen MR) is 57.2 cm³/mol. The molecule has 0 bridgehead atoms. The SMILES string of the molecule is CC#CC(C)(O)c1ccc(Br)cc1. The van der Waals surface area contributed by atoms with Gasteiger partial charge in [-0.1, -0.05) is 34.0 Å². The van der Waals surface area contributed by atoms with Crippen LogP contribution < -0.4 is 0 Å². The summed E-state index contributed by atoms with van der Waals surface area (Å²) >= 11 is 3.33. The topological polar surface area (TPSA) is 20.2 Å². The Labute approximate surface area is 86.9 Å². The van der Waals surface area contributed by atoms with Crippen LogP contribution in [0.25, 0.3) is 0 Å². The van der Waals surface area contributed by atoms with E-state index >= 15 is 0 Å². The van der Waals surface area contributed by atoms with Gasteiger partial charge in [0.2, 0.25) is 0 Å². The van der Waals surface area contributed by atoms with Gasteiger partial charge in [0.25, 0.3) is 0 Å². The van der Waals surface area contributed by atoms with Crippen LogP contribution in [0.4, 0.5) is 0 Å². The molecule has 1 aromatic carbocycles. The van der Waals surface area contributed by atoms with E-state index in [1.165, 1.54) is 0 Å². The Bertz CT molecular complexity index is 341. The molecule has 1 rings (SSSR count). The number of aliphatic hydroxyl groups is 1. The summed E-state index contributed by atoms with van der Waals surface area (Å²) in [7, 11) is 0. The third-order valence-electron chi connectivity index (χ3n) is 1.77. The van der Waals surface area contributed by atoms with Crippen LogP contribution >= 0.6 is 15.9 Å². The first-order chi connectivity index (χ1) is 6.06. The summed E-state index contributed by atoms with van der Waals surface area (Å²) in [6, 6.07) is 7.49. The second kappa shape index (κ2) is 3.95. The molecule has 0 fully saturated rings. The zero-order chi connectivity index (χ0) is 9.90. The van der Waals surface area contributed by atoms with Gasteiger partial charge < -0.3 is 5.11 Å². The van der Waals surface area contributed by atoms with Crippen molar-refractivity contribution >= 4 is 15.9 Å². The highest BCUT2D eigenvalue weighted by Gasteiger charge is 2.18. The summed E-state index contributed by atoms with van der Waals surface area (Å²) in [6.45, 7) is 3.40. The van der Waals surface area contributed by atoms with Gasteiger partial charge in [-0.15, -0.1) is 5.92 Å². The Balaban J connectivity index is 3.05. The minimum Gasteiger partial charge on any atom is -0.374 e. The van der Waals surface area contributed by atoms with Gasteiger partial charge in [0, 0.05) is 4.47 Å². The second-order valence-electron chi connectivity index (χ2n) is 2.95. The van der Waals surface area contributed by atoms with Crippen LogP contribution in [-0.4, -0.2) is 5.11 Å². The Morgan fingerprint density at radius 3 is 2.31 bits per heavy atom. The van der Waals surface area contributed by atoms with Crippen molar-refractivity contribution in [3.05, 3.63) is 34.3 Å². The molecule has 2 heteroatoms. The van der Waals surface area contributed by atoms with Crippen molar-refractivity contribution in [2.75, 3.05) is 0 Å². The van der Waals surface area contributed by atoms with Crippen molar-refractivity contribution in [1.29, 1.82) is 0 Å². The zero-order valence-corrected chi connectivity index (χ0v) is 9.22. The van der Waals surface area contributed by atoms with Gasteiger partial charge in [-0.05, 0) is 31.5 Å². The maximum absolute atomic E-state index is 9.89. The van der Waals surface area contributed by atoms with E-state index in [4.69, 9.17) is 0 Å². The molecule has 1 unspecified atom stereocenters. The Morgan fingerprint density at radius 1 is 1.31 bits per heavy atom. The fourth-order valence-electron chi connectivity index (χ4n) is 1.09. The number of rotatable bonds is 1. The highest BCUT2D eigenvalue weighted by Crippen LogP contribution is 2.21. The van der Waals surface area contributed by atoms with Crippen LogP contribution in [0.1, 0.15) is 19.4 Å². The highest BCUT2D eigenvalue weighted by atomic mass is 79.9. The summed E-state index contributed by atoms with van der Waals surface area (Å²) in [5.74, 6) is 5.46. The molecule has 0 aliphatic carbocycles. The van der Waals surface area contributed by atoms with Gasteiger partial charge in [-0.2, -0.15) is 0 Å². The van der Waals surface area contributed by atoms with E-state index in [-0.39, 0.29) is 0 Å². The van der Waals surface area contributed by atoms with Crippen molar-refractivity contribution in [3.8, 4) is 11.8 Å². The minimum atomic E-state index is -1.05. The molecule has 0 radical (unpaired) electrons. The van der Waals surface area contributed by atoms with Crippen LogP contribution in [0.2, 0.25) is 0 Å². The van der Waals surface area contributed by atoms with Crippen molar-refractivity contribution in [1.82, 2.24) is 0 Å². The number of hydrogen-bond donors (Lipinski definition) is 1. The van der Waals surface area contributed by atoms with Crippen molar-refractivity contribution in [3.63, 3.8) is 0 Å². The van der Waals surface area contributed by atoms with E-state index in [1.807, 2.05) is 24.3 Å². The molecule has 1 aromatic rings.